The first-order valence-corrected chi connectivity index (χ1v) is 9.26. The Morgan fingerprint density at radius 3 is 2.54 bits per heavy atom. The highest BCUT2D eigenvalue weighted by Gasteiger charge is 2.32. The van der Waals surface area contributed by atoms with Crippen molar-refractivity contribution in [2.45, 2.75) is 77.1 Å². The van der Waals surface area contributed by atoms with Gasteiger partial charge in [0.25, 0.3) is 0 Å². The average Bonchev–Trinajstić information content (AvgIpc) is 2.60. The predicted molar refractivity (Wildman–Crippen MR) is 102 cm³/mol. The summed E-state index contributed by atoms with van der Waals surface area (Å²) < 4.78 is 4.77. The lowest BCUT2D eigenvalue weighted by molar-refractivity contribution is -0.137. The van der Waals surface area contributed by atoms with Crippen LogP contribution >= 0.6 is 0 Å². The Labute approximate surface area is 157 Å². The summed E-state index contributed by atoms with van der Waals surface area (Å²) in [6, 6.07) is 0. The molecule has 0 radical (unpaired) electrons. The fourth-order valence-corrected chi connectivity index (χ4v) is 3.18. The normalized spacial score (nSPS) is 36.0. The van der Waals surface area contributed by atoms with Gasteiger partial charge in [0, 0.05) is 5.57 Å². The number of esters is 1. The zero-order valence-corrected chi connectivity index (χ0v) is 16.5. The number of carbonyl (C=O) groups excluding carboxylic acids is 1. The van der Waals surface area contributed by atoms with Crippen LogP contribution in [0.15, 0.2) is 35.5 Å². The van der Waals surface area contributed by atoms with Gasteiger partial charge in [-0.1, -0.05) is 24.3 Å². The Bertz CT molecular complexity index is 559. The quantitative estimate of drug-likeness (QED) is 0.397. The van der Waals surface area contributed by atoms with Crippen LogP contribution in [0.2, 0.25) is 0 Å². The van der Waals surface area contributed by atoms with Gasteiger partial charge in [-0.15, -0.1) is 0 Å². The molecule has 0 saturated heterocycles. The van der Waals surface area contributed by atoms with E-state index in [1.165, 1.54) is 7.11 Å². The van der Waals surface area contributed by atoms with Gasteiger partial charge in [-0.3, -0.25) is 0 Å². The lowest BCUT2D eigenvalue weighted by Crippen LogP contribution is -2.40. The lowest BCUT2D eigenvalue weighted by atomic mass is 9.81. The maximum atomic E-state index is 11.9. The van der Waals surface area contributed by atoms with E-state index < -0.39 is 23.8 Å². The van der Waals surface area contributed by atoms with E-state index in [1.54, 1.807) is 6.92 Å². The van der Waals surface area contributed by atoms with Crippen molar-refractivity contribution >= 4 is 5.97 Å². The second kappa shape index (κ2) is 10.0. The van der Waals surface area contributed by atoms with E-state index in [2.05, 4.69) is 12.7 Å². The van der Waals surface area contributed by atoms with Crippen molar-refractivity contribution < 1.29 is 24.9 Å². The van der Waals surface area contributed by atoms with Crippen LogP contribution in [-0.2, 0) is 9.53 Å². The number of rotatable bonds is 2. The molecule has 148 valence electrons. The molecule has 1 aliphatic carbocycles. The molecule has 0 fully saturated rings. The Morgan fingerprint density at radius 1 is 1.27 bits per heavy atom. The summed E-state index contributed by atoms with van der Waals surface area (Å²) in [5.41, 5.74) is 1.01. The van der Waals surface area contributed by atoms with Crippen molar-refractivity contribution in [3.05, 3.63) is 35.5 Å². The zero-order valence-electron chi connectivity index (χ0n) is 16.5. The van der Waals surface area contributed by atoms with Gasteiger partial charge in [-0.05, 0) is 70.8 Å². The number of aliphatic hydroxyl groups excluding tert-OH is 2. The minimum absolute atomic E-state index is 0.285. The van der Waals surface area contributed by atoms with Gasteiger partial charge in [-0.25, -0.2) is 4.79 Å². The number of carbonyl (C=O) groups is 1. The molecule has 5 heteroatoms. The average molecular weight is 366 g/mol. The molecule has 1 rings (SSSR count). The molecule has 0 spiro atoms. The molecule has 3 N–H and O–H groups in total. The van der Waals surface area contributed by atoms with Crippen molar-refractivity contribution in [3.8, 4) is 0 Å². The van der Waals surface area contributed by atoms with Crippen LogP contribution in [-0.4, -0.2) is 46.2 Å². The van der Waals surface area contributed by atoms with Crippen molar-refractivity contribution in [2.24, 2.45) is 5.92 Å². The van der Waals surface area contributed by atoms with Crippen LogP contribution < -0.4 is 0 Å². The first-order valence-electron chi connectivity index (χ1n) is 9.26. The van der Waals surface area contributed by atoms with Gasteiger partial charge in [0.2, 0.25) is 0 Å². The summed E-state index contributed by atoms with van der Waals surface area (Å²) in [6.45, 7) is 9.32. The first kappa shape index (κ1) is 22.6. The summed E-state index contributed by atoms with van der Waals surface area (Å²) in [5, 5.41) is 31.6. The van der Waals surface area contributed by atoms with Crippen LogP contribution in [0.3, 0.4) is 0 Å². The molecule has 5 nitrogen and oxygen atoms in total. The van der Waals surface area contributed by atoms with Gasteiger partial charge in [0.15, 0.2) is 0 Å². The minimum atomic E-state index is -1.27. The fourth-order valence-electron chi connectivity index (χ4n) is 3.18. The number of hydrogen-bond acceptors (Lipinski definition) is 5. The SMILES string of the molecule is C=C(C(=O)OC)[C@@H]1CC[C@@](C)(O)[C@@H](O)CC/C(C)=C/C/C=C(\C)[C@@H](O)C1. The van der Waals surface area contributed by atoms with Crippen LogP contribution in [0.1, 0.15) is 59.3 Å². The highest BCUT2D eigenvalue weighted by Crippen LogP contribution is 2.30. The molecule has 4 atom stereocenters. The van der Waals surface area contributed by atoms with Gasteiger partial charge in [0.05, 0.1) is 24.9 Å². The number of aliphatic hydroxyl groups is 3. The molecule has 0 aliphatic heterocycles. The highest BCUT2D eigenvalue weighted by molar-refractivity contribution is 5.88. The maximum Gasteiger partial charge on any atom is 0.333 e. The van der Waals surface area contributed by atoms with Crippen molar-refractivity contribution in [1.82, 2.24) is 0 Å². The molecule has 0 saturated carbocycles. The van der Waals surface area contributed by atoms with Gasteiger partial charge in [0.1, 0.15) is 0 Å². The Hall–Kier alpha value is -1.43. The fraction of sp³-hybridized carbons (Fsp3) is 0.667. The monoisotopic (exact) mass is 366 g/mol. The summed E-state index contributed by atoms with van der Waals surface area (Å²) >= 11 is 0. The van der Waals surface area contributed by atoms with Crippen LogP contribution in [0.25, 0.3) is 0 Å². The number of allylic oxidation sites excluding steroid dienone is 3. The molecule has 0 unspecified atom stereocenters. The molecule has 0 bridgehead atoms. The standard InChI is InChI=1S/C21H34O5/c1-14-7-6-8-15(2)18(22)13-17(16(3)20(24)26-5)11-12-21(4,25)19(23)10-9-14/h7-8,17-19,22-23,25H,3,6,9-13H2,1-2,4-5H3/b14-7+,15-8+/t17-,18+,19+,21-/m1/s1. The largest absolute Gasteiger partial charge is 0.466 e. The second-order valence-electron chi connectivity index (χ2n) is 7.65. The van der Waals surface area contributed by atoms with Crippen LogP contribution in [0.5, 0.6) is 0 Å². The molecule has 0 amide bonds. The van der Waals surface area contributed by atoms with E-state index in [1.807, 2.05) is 19.9 Å². The maximum absolute atomic E-state index is 11.9. The van der Waals surface area contributed by atoms with Gasteiger partial charge in [-0.2, -0.15) is 0 Å². The van der Waals surface area contributed by atoms with Crippen molar-refractivity contribution in [2.75, 3.05) is 7.11 Å². The predicted octanol–water partition coefficient (Wildman–Crippen LogP) is 3.05. The Kier molecular flexibility index (Phi) is 8.74. The third kappa shape index (κ3) is 6.71. The zero-order chi connectivity index (χ0) is 19.9. The molecule has 0 aromatic rings. The molecule has 1 aliphatic rings. The Morgan fingerprint density at radius 2 is 1.92 bits per heavy atom. The third-order valence-electron chi connectivity index (χ3n) is 5.41. The summed E-state index contributed by atoms with van der Waals surface area (Å²) in [6.07, 6.45) is 5.41. The first-order chi connectivity index (χ1) is 12.1. The van der Waals surface area contributed by atoms with E-state index in [4.69, 9.17) is 4.74 Å². The van der Waals surface area contributed by atoms with Gasteiger partial charge < -0.3 is 20.1 Å². The smallest absolute Gasteiger partial charge is 0.333 e. The van der Waals surface area contributed by atoms with Crippen molar-refractivity contribution in [1.29, 1.82) is 0 Å². The van der Waals surface area contributed by atoms with Crippen molar-refractivity contribution in [3.63, 3.8) is 0 Å². The lowest BCUT2D eigenvalue weighted by Gasteiger charge is -2.32. The van der Waals surface area contributed by atoms with E-state index in [0.29, 0.717) is 38.5 Å². The highest BCUT2D eigenvalue weighted by atomic mass is 16.5. The Balaban J connectivity index is 3.09. The van der Waals surface area contributed by atoms with Crippen LogP contribution in [0, 0.1) is 5.92 Å². The molecular weight excluding hydrogens is 332 g/mol. The molecule has 0 aromatic carbocycles. The van der Waals surface area contributed by atoms with E-state index in [0.717, 1.165) is 11.1 Å². The van der Waals surface area contributed by atoms with E-state index in [9.17, 15) is 20.1 Å². The number of hydrogen-bond donors (Lipinski definition) is 3. The summed E-state index contributed by atoms with van der Waals surface area (Å²) in [5.74, 6) is -0.844. The second-order valence-corrected chi connectivity index (χ2v) is 7.65. The van der Waals surface area contributed by atoms with Gasteiger partial charge >= 0.3 is 5.97 Å². The topological polar surface area (TPSA) is 87.0 Å². The summed E-state index contributed by atoms with van der Waals surface area (Å²) in [4.78, 5) is 11.9. The van der Waals surface area contributed by atoms with Crippen LogP contribution in [0.4, 0.5) is 0 Å². The van der Waals surface area contributed by atoms with E-state index in [-0.39, 0.29) is 11.5 Å². The molecular formula is C21H34O5. The number of ether oxygens (including phenoxy) is 1. The minimum Gasteiger partial charge on any atom is -0.466 e. The molecule has 0 aromatic heterocycles. The molecule has 0 heterocycles. The molecule has 26 heavy (non-hydrogen) atoms. The van der Waals surface area contributed by atoms with E-state index >= 15 is 0 Å². The summed E-state index contributed by atoms with van der Waals surface area (Å²) in [7, 11) is 1.30. The third-order valence-corrected chi connectivity index (χ3v) is 5.41. The number of methoxy groups -OCH3 is 1.